The van der Waals surface area contributed by atoms with Gasteiger partial charge in [0.15, 0.2) is 0 Å². The van der Waals surface area contributed by atoms with Crippen molar-refractivity contribution in [1.29, 1.82) is 5.26 Å². The molecule has 4 nitrogen and oxygen atoms in total. The van der Waals surface area contributed by atoms with Gasteiger partial charge in [0.1, 0.15) is 6.07 Å². The minimum Gasteiger partial charge on any atom is -0.269 e. The van der Waals surface area contributed by atoms with Gasteiger partial charge in [-0.3, -0.25) is 9.67 Å². The molecule has 0 amide bonds. The number of hydrogen-bond acceptors (Lipinski definition) is 3. The van der Waals surface area contributed by atoms with E-state index in [4.69, 9.17) is 5.26 Å². The Hall–Kier alpha value is -2.41. The average molecular weight is 266 g/mol. The number of aromatic nitrogens is 3. The predicted molar refractivity (Wildman–Crippen MR) is 79.9 cm³/mol. The van der Waals surface area contributed by atoms with Crippen LogP contribution in [-0.4, -0.2) is 14.8 Å². The van der Waals surface area contributed by atoms with Crippen LogP contribution in [0.5, 0.6) is 0 Å². The summed E-state index contributed by atoms with van der Waals surface area (Å²) in [7, 11) is 0. The van der Waals surface area contributed by atoms with E-state index in [0.29, 0.717) is 5.56 Å². The number of nitriles is 1. The lowest BCUT2D eigenvalue weighted by molar-refractivity contribution is 0.583. The maximum atomic E-state index is 9.06. The molecule has 0 radical (unpaired) electrons. The highest BCUT2D eigenvalue weighted by Crippen LogP contribution is 2.18. The number of nitrogens with zero attached hydrogens (tertiary/aromatic N) is 4. The lowest BCUT2D eigenvalue weighted by Crippen LogP contribution is -2.01. The van der Waals surface area contributed by atoms with Crippen LogP contribution in [0.4, 0.5) is 0 Å². The Balaban J connectivity index is 2.35. The van der Waals surface area contributed by atoms with Crippen molar-refractivity contribution in [3.63, 3.8) is 0 Å². The van der Waals surface area contributed by atoms with E-state index in [1.807, 2.05) is 29.8 Å². The van der Waals surface area contributed by atoms with Gasteiger partial charge in [-0.2, -0.15) is 10.4 Å². The number of aryl methyl sites for hydroxylation is 2. The summed E-state index contributed by atoms with van der Waals surface area (Å²) in [5, 5.41) is 13.6. The first-order chi connectivity index (χ1) is 9.67. The quantitative estimate of drug-likeness (QED) is 0.852. The summed E-state index contributed by atoms with van der Waals surface area (Å²) < 4.78 is 2.03. The molecule has 0 aromatic carbocycles. The molecule has 0 saturated carbocycles. The molecule has 0 aliphatic carbocycles. The lowest BCUT2D eigenvalue weighted by atomic mass is 10.1. The molecule has 0 fully saturated rings. The van der Waals surface area contributed by atoms with Crippen LogP contribution in [-0.2, 0) is 6.54 Å². The highest BCUT2D eigenvalue weighted by molar-refractivity contribution is 5.73. The van der Waals surface area contributed by atoms with E-state index < -0.39 is 0 Å². The summed E-state index contributed by atoms with van der Waals surface area (Å²) in [6.45, 7) is 7.16. The van der Waals surface area contributed by atoms with E-state index in [1.54, 1.807) is 12.4 Å². The van der Waals surface area contributed by atoms with Crippen molar-refractivity contribution < 1.29 is 0 Å². The minimum absolute atomic E-state index is 0.583. The summed E-state index contributed by atoms with van der Waals surface area (Å²) in [5.74, 6) is 0. The molecular weight excluding hydrogens is 248 g/mol. The Kier molecular flexibility index (Phi) is 4.31. The highest BCUT2D eigenvalue weighted by atomic mass is 15.3. The van der Waals surface area contributed by atoms with E-state index in [2.05, 4.69) is 30.0 Å². The van der Waals surface area contributed by atoms with Crippen LogP contribution >= 0.6 is 0 Å². The molecule has 2 aromatic rings. The van der Waals surface area contributed by atoms with Crippen molar-refractivity contribution in [3.8, 4) is 6.07 Å². The first-order valence-electron chi connectivity index (χ1n) is 6.73. The topological polar surface area (TPSA) is 54.5 Å². The van der Waals surface area contributed by atoms with Crippen LogP contribution in [0.25, 0.3) is 12.2 Å². The fraction of sp³-hybridized carbons (Fsp3) is 0.312. The van der Waals surface area contributed by atoms with E-state index >= 15 is 0 Å². The number of rotatable bonds is 4. The maximum absolute atomic E-state index is 9.06. The molecule has 0 atom stereocenters. The Labute approximate surface area is 119 Å². The molecule has 0 saturated heterocycles. The Morgan fingerprint density at radius 3 is 2.85 bits per heavy atom. The Bertz CT molecular complexity index is 674. The van der Waals surface area contributed by atoms with E-state index in [0.717, 1.165) is 35.5 Å². The van der Waals surface area contributed by atoms with Crippen molar-refractivity contribution in [2.45, 2.75) is 33.7 Å². The molecule has 0 aliphatic heterocycles. The van der Waals surface area contributed by atoms with Crippen molar-refractivity contribution in [1.82, 2.24) is 14.8 Å². The monoisotopic (exact) mass is 266 g/mol. The van der Waals surface area contributed by atoms with Gasteiger partial charge in [0, 0.05) is 30.2 Å². The van der Waals surface area contributed by atoms with Crippen molar-refractivity contribution >= 4 is 12.2 Å². The van der Waals surface area contributed by atoms with Crippen LogP contribution in [0.2, 0.25) is 0 Å². The molecule has 2 aromatic heterocycles. The standard InChI is InChI=1S/C16H18N4/c1-4-9-20-13(3)16(12(2)19-20)6-5-14-7-8-18-11-15(14)10-17/h5-8,11H,4,9H2,1-3H3/b6-5+. The summed E-state index contributed by atoms with van der Waals surface area (Å²) in [4.78, 5) is 3.96. The van der Waals surface area contributed by atoms with E-state index in [1.165, 1.54) is 0 Å². The maximum Gasteiger partial charge on any atom is 0.101 e. The predicted octanol–water partition coefficient (Wildman–Crippen LogP) is 3.35. The van der Waals surface area contributed by atoms with Gasteiger partial charge in [0.2, 0.25) is 0 Å². The molecule has 2 heterocycles. The molecule has 0 spiro atoms. The second-order valence-corrected chi connectivity index (χ2v) is 4.72. The fourth-order valence-electron chi connectivity index (χ4n) is 2.20. The zero-order valence-electron chi connectivity index (χ0n) is 12.1. The minimum atomic E-state index is 0.583. The first kappa shape index (κ1) is 14.0. The molecule has 0 bridgehead atoms. The summed E-state index contributed by atoms with van der Waals surface area (Å²) in [5.41, 5.74) is 4.76. The fourth-order valence-corrected chi connectivity index (χ4v) is 2.20. The molecule has 4 heteroatoms. The third-order valence-electron chi connectivity index (χ3n) is 3.28. The van der Waals surface area contributed by atoms with Crippen LogP contribution in [0, 0.1) is 25.2 Å². The molecule has 2 rings (SSSR count). The van der Waals surface area contributed by atoms with Gasteiger partial charge in [0.25, 0.3) is 0 Å². The molecule has 20 heavy (non-hydrogen) atoms. The van der Waals surface area contributed by atoms with Gasteiger partial charge in [-0.1, -0.05) is 19.1 Å². The zero-order chi connectivity index (χ0) is 14.5. The van der Waals surface area contributed by atoms with Gasteiger partial charge >= 0.3 is 0 Å². The van der Waals surface area contributed by atoms with E-state index in [9.17, 15) is 0 Å². The van der Waals surface area contributed by atoms with Crippen molar-refractivity contribution in [2.75, 3.05) is 0 Å². The normalized spacial score (nSPS) is 10.9. The van der Waals surface area contributed by atoms with Gasteiger partial charge in [0.05, 0.1) is 11.3 Å². The van der Waals surface area contributed by atoms with Crippen LogP contribution in [0.3, 0.4) is 0 Å². The number of pyridine rings is 1. The Morgan fingerprint density at radius 2 is 2.15 bits per heavy atom. The molecule has 102 valence electrons. The summed E-state index contributed by atoms with van der Waals surface area (Å²) in [6.07, 6.45) is 8.32. The molecule has 0 aliphatic rings. The smallest absolute Gasteiger partial charge is 0.101 e. The van der Waals surface area contributed by atoms with Gasteiger partial charge in [-0.05, 0) is 31.9 Å². The zero-order valence-corrected chi connectivity index (χ0v) is 12.1. The van der Waals surface area contributed by atoms with Crippen LogP contribution in [0.15, 0.2) is 18.5 Å². The Morgan fingerprint density at radius 1 is 1.35 bits per heavy atom. The third-order valence-corrected chi connectivity index (χ3v) is 3.28. The molecule has 0 unspecified atom stereocenters. The largest absolute Gasteiger partial charge is 0.269 e. The first-order valence-corrected chi connectivity index (χ1v) is 6.73. The van der Waals surface area contributed by atoms with Crippen molar-refractivity contribution in [2.24, 2.45) is 0 Å². The second-order valence-electron chi connectivity index (χ2n) is 4.72. The van der Waals surface area contributed by atoms with E-state index in [-0.39, 0.29) is 0 Å². The van der Waals surface area contributed by atoms with Crippen LogP contribution < -0.4 is 0 Å². The third kappa shape index (κ3) is 2.77. The summed E-state index contributed by atoms with van der Waals surface area (Å²) >= 11 is 0. The lowest BCUT2D eigenvalue weighted by Gasteiger charge is -2.01. The van der Waals surface area contributed by atoms with Gasteiger partial charge in [-0.15, -0.1) is 0 Å². The van der Waals surface area contributed by atoms with Crippen LogP contribution in [0.1, 0.15) is 41.4 Å². The number of hydrogen-bond donors (Lipinski definition) is 0. The van der Waals surface area contributed by atoms with Gasteiger partial charge in [-0.25, -0.2) is 0 Å². The molecular formula is C16H18N4. The van der Waals surface area contributed by atoms with Gasteiger partial charge < -0.3 is 0 Å². The average Bonchev–Trinajstić information content (AvgIpc) is 2.72. The second kappa shape index (κ2) is 6.16. The van der Waals surface area contributed by atoms with Crippen molar-refractivity contribution in [3.05, 3.63) is 46.5 Å². The summed E-state index contributed by atoms with van der Waals surface area (Å²) in [6, 6.07) is 4.00. The SMILES string of the molecule is CCCn1nc(C)c(/C=C/c2ccncc2C#N)c1C. The highest BCUT2D eigenvalue weighted by Gasteiger charge is 2.08. The molecule has 0 N–H and O–H groups in total.